The summed E-state index contributed by atoms with van der Waals surface area (Å²) in [5, 5.41) is 5.57. The number of nitrogens with one attached hydrogen (secondary N) is 2. The van der Waals surface area contributed by atoms with Crippen LogP contribution in [0.3, 0.4) is 0 Å². The van der Waals surface area contributed by atoms with Gasteiger partial charge in [0.2, 0.25) is 23.6 Å². The third-order valence-corrected chi connectivity index (χ3v) is 5.64. The Morgan fingerprint density at radius 1 is 1.00 bits per heavy atom. The average Bonchev–Trinajstić information content (AvgIpc) is 2.78. The van der Waals surface area contributed by atoms with Crippen molar-refractivity contribution < 1.29 is 19.2 Å². The van der Waals surface area contributed by atoms with E-state index in [9.17, 15) is 19.2 Å². The van der Waals surface area contributed by atoms with Crippen LogP contribution < -0.4 is 15.5 Å². The SMILES string of the molecule is O=C(CCC(=O)N1CC(=O)Nc2ccccc21)Nc1cccc(CN2CCCCC2=O)c1. The highest BCUT2D eigenvalue weighted by Crippen LogP contribution is 2.29. The number of para-hydroxylation sites is 2. The fraction of sp³-hybridized carbons (Fsp3) is 0.333. The summed E-state index contributed by atoms with van der Waals surface area (Å²) >= 11 is 0. The first-order chi connectivity index (χ1) is 15.5. The van der Waals surface area contributed by atoms with Crippen LogP contribution in [-0.2, 0) is 25.7 Å². The lowest BCUT2D eigenvalue weighted by Crippen LogP contribution is -2.42. The topological polar surface area (TPSA) is 98.8 Å². The molecule has 8 nitrogen and oxygen atoms in total. The highest BCUT2D eigenvalue weighted by atomic mass is 16.2. The predicted molar refractivity (Wildman–Crippen MR) is 121 cm³/mol. The summed E-state index contributed by atoms with van der Waals surface area (Å²) < 4.78 is 0. The number of likely N-dealkylation sites (tertiary alicyclic amines) is 1. The van der Waals surface area contributed by atoms with Crippen molar-refractivity contribution >= 4 is 40.7 Å². The summed E-state index contributed by atoms with van der Waals surface area (Å²) in [5.41, 5.74) is 2.81. The zero-order valence-electron chi connectivity index (χ0n) is 17.8. The molecule has 4 amide bonds. The van der Waals surface area contributed by atoms with Crippen molar-refractivity contribution in [3.63, 3.8) is 0 Å². The Balaban J connectivity index is 1.32. The maximum absolute atomic E-state index is 12.7. The Bertz CT molecular complexity index is 1050. The lowest BCUT2D eigenvalue weighted by Gasteiger charge is -2.29. The molecular formula is C24H26N4O4. The molecule has 0 aliphatic carbocycles. The van der Waals surface area contributed by atoms with E-state index >= 15 is 0 Å². The second-order valence-corrected chi connectivity index (χ2v) is 8.07. The van der Waals surface area contributed by atoms with E-state index in [-0.39, 0.29) is 43.0 Å². The van der Waals surface area contributed by atoms with Crippen molar-refractivity contribution in [1.29, 1.82) is 0 Å². The van der Waals surface area contributed by atoms with E-state index in [0.717, 1.165) is 24.9 Å². The van der Waals surface area contributed by atoms with Crippen LogP contribution in [0.4, 0.5) is 17.1 Å². The molecule has 4 rings (SSSR count). The number of piperidine rings is 1. The summed E-state index contributed by atoms with van der Waals surface area (Å²) in [5.74, 6) is -0.651. The minimum Gasteiger partial charge on any atom is -0.338 e. The smallest absolute Gasteiger partial charge is 0.244 e. The number of nitrogens with zero attached hydrogens (tertiary/aromatic N) is 2. The quantitative estimate of drug-likeness (QED) is 0.730. The molecule has 0 unspecified atom stereocenters. The number of anilines is 3. The molecule has 32 heavy (non-hydrogen) atoms. The first-order valence-corrected chi connectivity index (χ1v) is 10.9. The van der Waals surface area contributed by atoms with Gasteiger partial charge in [-0.05, 0) is 42.7 Å². The molecule has 0 bridgehead atoms. The number of amides is 4. The largest absolute Gasteiger partial charge is 0.338 e. The van der Waals surface area contributed by atoms with Gasteiger partial charge in [0.15, 0.2) is 0 Å². The maximum Gasteiger partial charge on any atom is 0.244 e. The number of benzene rings is 2. The summed E-state index contributed by atoms with van der Waals surface area (Å²) in [4.78, 5) is 52.3. The highest BCUT2D eigenvalue weighted by Gasteiger charge is 2.26. The van der Waals surface area contributed by atoms with E-state index in [4.69, 9.17) is 0 Å². The Labute approximate surface area is 186 Å². The van der Waals surface area contributed by atoms with Gasteiger partial charge in [-0.2, -0.15) is 0 Å². The van der Waals surface area contributed by atoms with Gasteiger partial charge in [-0.3, -0.25) is 19.2 Å². The van der Waals surface area contributed by atoms with Gasteiger partial charge in [-0.25, -0.2) is 0 Å². The van der Waals surface area contributed by atoms with Gasteiger partial charge in [0, 0.05) is 38.0 Å². The van der Waals surface area contributed by atoms with Crippen molar-refractivity contribution in [3.05, 3.63) is 54.1 Å². The average molecular weight is 434 g/mol. The summed E-state index contributed by atoms with van der Waals surface area (Å²) in [6.45, 7) is 1.22. The molecular weight excluding hydrogens is 408 g/mol. The van der Waals surface area contributed by atoms with E-state index in [1.54, 1.807) is 30.3 Å². The molecule has 2 aromatic rings. The molecule has 2 heterocycles. The third-order valence-electron chi connectivity index (χ3n) is 5.64. The Morgan fingerprint density at radius 3 is 2.69 bits per heavy atom. The van der Waals surface area contributed by atoms with E-state index in [1.165, 1.54) is 4.90 Å². The van der Waals surface area contributed by atoms with Crippen LogP contribution in [0.2, 0.25) is 0 Å². The van der Waals surface area contributed by atoms with Crippen LogP contribution in [-0.4, -0.2) is 41.6 Å². The second kappa shape index (κ2) is 9.64. The van der Waals surface area contributed by atoms with Gasteiger partial charge < -0.3 is 20.4 Å². The molecule has 0 spiro atoms. The first kappa shape index (κ1) is 21.5. The molecule has 2 N–H and O–H groups in total. The van der Waals surface area contributed by atoms with Crippen molar-refractivity contribution in [2.24, 2.45) is 0 Å². The van der Waals surface area contributed by atoms with Crippen LogP contribution in [0.1, 0.15) is 37.7 Å². The van der Waals surface area contributed by atoms with Gasteiger partial charge in [0.05, 0.1) is 11.4 Å². The fourth-order valence-corrected chi connectivity index (χ4v) is 4.03. The number of hydrogen-bond acceptors (Lipinski definition) is 4. The van der Waals surface area contributed by atoms with E-state index in [1.807, 2.05) is 23.1 Å². The molecule has 8 heteroatoms. The Morgan fingerprint density at radius 2 is 1.84 bits per heavy atom. The zero-order valence-corrected chi connectivity index (χ0v) is 17.8. The summed E-state index contributed by atoms with van der Waals surface area (Å²) in [6.07, 6.45) is 2.55. The molecule has 0 atom stereocenters. The van der Waals surface area contributed by atoms with E-state index in [2.05, 4.69) is 10.6 Å². The van der Waals surface area contributed by atoms with Crippen LogP contribution in [0.5, 0.6) is 0 Å². The number of carbonyl (C=O) groups excluding carboxylic acids is 4. The molecule has 2 aromatic carbocycles. The molecule has 166 valence electrons. The van der Waals surface area contributed by atoms with Gasteiger partial charge >= 0.3 is 0 Å². The van der Waals surface area contributed by atoms with Crippen molar-refractivity contribution in [2.45, 2.75) is 38.6 Å². The minimum absolute atomic E-state index is 0.00455. The monoisotopic (exact) mass is 434 g/mol. The van der Waals surface area contributed by atoms with Crippen molar-refractivity contribution in [1.82, 2.24) is 4.90 Å². The van der Waals surface area contributed by atoms with Crippen LogP contribution in [0.25, 0.3) is 0 Å². The standard InChI is InChI=1S/C24H26N4O4/c29-21(11-12-24(32)28-16-22(30)26-19-8-1-2-9-20(19)28)25-18-7-5-6-17(14-18)15-27-13-4-3-10-23(27)31/h1-2,5-9,14H,3-4,10-13,15-16H2,(H,25,29)(H,26,30). The zero-order chi connectivity index (χ0) is 22.5. The summed E-state index contributed by atoms with van der Waals surface area (Å²) in [7, 11) is 0. The molecule has 0 aromatic heterocycles. The number of carbonyl (C=O) groups is 4. The highest BCUT2D eigenvalue weighted by molar-refractivity contribution is 6.10. The molecule has 1 fully saturated rings. The third kappa shape index (κ3) is 5.14. The minimum atomic E-state index is -0.278. The van der Waals surface area contributed by atoms with E-state index in [0.29, 0.717) is 30.0 Å². The molecule has 0 saturated carbocycles. The molecule has 2 aliphatic rings. The molecule has 2 aliphatic heterocycles. The van der Waals surface area contributed by atoms with Gasteiger partial charge in [-0.15, -0.1) is 0 Å². The molecule has 0 radical (unpaired) electrons. The fourth-order valence-electron chi connectivity index (χ4n) is 4.03. The normalized spacial score (nSPS) is 15.8. The van der Waals surface area contributed by atoms with Crippen LogP contribution in [0, 0.1) is 0 Å². The Hall–Kier alpha value is -3.68. The van der Waals surface area contributed by atoms with Gasteiger partial charge in [0.25, 0.3) is 0 Å². The maximum atomic E-state index is 12.7. The van der Waals surface area contributed by atoms with E-state index < -0.39 is 0 Å². The second-order valence-electron chi connectivity index (χ2n) is 8.07. The lowest BCUT2D eigenvalue weighted by molar-refractivity contribution is -0.133. The van der Waals surface area contributed by atoms with Crippen LogP contribution in [0.15, 0.2) is 48.5 Å². The Kier molecular flexibility index (Phi) is 6.49. The number of hydrogen-bond donors (Lipinski definition) is 2. The number of rotatable bonds is 6. The summed E-state index contributed by atoms with van der Waals surface area (Å²) in [6, 6.07) is 14.5. The lowest BCUT2D eigenvalue weighted by atomic mass is 10.1. The molecule has 1 saturated heterocycles. The van der Waals surface area contributed by atoms with Gasteiger partial charge in [-0.1, -0.05) is 24.3 Å². The van der Waals surface area contributed by atoms with Gasteiger partial charge in [0.1, 0.15) is 6.54 Å². The first-order valence-electron chi connectivity index (χ1n) is 10.9. The van der Waals surface area contributed by atoms with Crippen molar-refractivity contribution in [3.8, 4) is 0 Å². The van der Waals surface area contributed by atoms with Crippen LogP contribution >= 0.6 is 0 Å². The van der Waals surface area contributed by atoms with Crippen molar-refractivity contribution in [2.75, 3.05) is 28.6 Å². The number of fused-ring (bicyclic) bond motifs is 1. The predicted octanol–water partition coefficient (Wildman–Crippen LogP) is 2.90.